The number of nitrogens with zero attached hydrogens (tertiary/aromatic N) is 1. The minimum atomic E-state index is 0.799. The van der Waals surface area contributed by atoms with Crippen LogP contribution in [0.4, 0.5) is 5.69 Å². The van der Waals surface area contributed by atoms with Gasteiger partial charge in [-0.3, -0.25) is 0 Å². The monoisotopic (exact) mass is 214 g/mol. The average Bonchev–Trinajstić information content (AvgIpc) is 2.78. The van der Waals surface area contributed by atoms with Crippen molar-refractivity contribution < 1.29 is 0 Å². The van der Waals surface area contributed by atoms with E-state index in [0.29, 0.717) is 0 Å². The van der Waals surface area contributed by atoms with Gasteiger partial charge in [0.2, 0.25) is 0 Å². The highest BCUT2D eigenvalue weighted by atomic mass is 32.1. The van der Waals surface area contributed by atoms with Gasteiger partial charge < -0.3 is 10.3 Å². The molecule has 1 aromatic carbocycles. The molecule has 0 aliphatic carbocycles. The van der Waals surface area contributed by atoms with Crippen LogP contribution in [0.25, 0.3) is 15.8 Å². The molecule has 3 heteroatoms. The summed E-state index contributed by atoms with van der Waals surface area (Å²) in [6.45, 7) is 0. The first-order chi connectivity index (χ1) is 7.33. The molecule has 0 aliphatic rings. The first-order valence-electron chi connectivity index (χ1n) is 4.74. The van der Waals surface area contributed by atoms with Gasteiger partial charge in [0.15, 0.2) is 0 Å². The molecule has 0 saturated carbocycles. The first-order valence-corrected chi connectivity index (χ1v) is 5.62. The molecule has 2 heterocycles. The highest BCUT2D eigenvalue weighted by molar-refractivity contribution is 7.17. The van der Waals surface area contributed by atoms with Crippen LogP contribution in [0, 0.1) is 0 Å². The van der Waals surface area contributed by atoms with Crippen LogP contribution in [0.5, 0.6) is 0 Å². The first kappa shape index (κ1) is 8.56. The van der Waals surface area contributed by atoms with Crippen LogP contribution in [0.2, 0.25) is 0 Å². The van der Waals surface area contributed by atoms with Crippen molar-refractivity contribution in [3.8, 4) is 5.69 Å². The van der Waals surface area contributed by atoms with E-state index in [4.69, 9.17) is 5.73 Å². The normalized spacial score (nSPS) is 10.9. The number of nitrogen functional groups attached to an aromatic ring is 1. The van der Waals surface area contributed by atoms with Crippen LogP contribution in [0.15, 0.2) is 48.1 Å². The van der Waals surface area contributed by atoms with Gasteiger partial charge in [0.25, 0.3) is 0 Å². The topological polar surface area (TPSA) is 30.9 Å². The number of benzene rings is 1. The van der Waals surface area contributed by atoms with E-state index >= 15 is 0 Å². The molecule has 2 aromatic heterocycles. The lowest BCUT2D eigenvalue weighted by Gasteiger charge is -2.02. The molecule has 2 N–H and O–H groups in total. The van der Waals surface area contributed by atoms with Gasteiger partial charge >= 0.3 is 0 Å². The molecule has 0 aliphatic heterocycles. The Labute approximate surface area is 91.6 Å². The third-order valence-corrected chi connectivity index (χ3v) is 3.32. The fourth-order valence-corrected chi connectivity index (χ4v) is 2.44. The minimum Gasteiger partial charge on any atom is -0.399 e. The largest absolute Gasteiger partial charge is 0.399 e. The molecule has 0 saturated heterocycles. The standard InChI is InChI=1S/C12H10N2S/c13-10-1-3-11(4-2-10)14-7-9-5-6-15-12(9)8-14/h1-8H,13H2. The lowest BCUT2D eigenvalue weighted by atomic mass is 10.3. The Morgan fingerprint density at radius 1 is 1.00 bits per heavy atom. The number of aromatic nitrogens is 1. The summed E-state index contributed by atoms with van der Waals surface area (Å²) in [7, 11) is 0. The third-order valence-electron chi connectivity index (χ3n) is 2.45. The third kappa shape index (κ3) is 1.41. The Kier molecular flexibility index (Phi) is 1.79. The molecule has 2 nitrogen and oxygen atoms in total. The van der Waals surface area contributed by atoms with E-state index in [2.05, 4.69) is 28.4 Å². The number of fused-ring (bicyclic) bond motifs is 1. The molecule has 3 aromatic rings. The second-order valence-electron chi connectivity index (χ2n) is 3.50. The van der Waals surface area contributed by atoms with Crippen molar-refractivity contribution in [2.45, 2.75) is 0 Å². The maximum atomic E-state index is 5.65. The van der Waals surface area contributed by atoms with Gasteiger partial charge in [-0.05, 0) is 35.7 Å². The van der Waals surface area contributed by atoms with Crippen molar-refractivity contribution in [2.75, 3.05) is 5.73 Å². The van der Waals surface area contributed by atoms with Crippen molar-refractivity contribution >= 4 is 27.1 Å². The predicted octanol–water partition coefficient (Wildman–Crippen LogP) is 3.27. The van der Waals surface area contributed by atoms with Gasteiger partial charge in [-0.25, -0.2) is 0 Å². The zero-order valence-corrected chi connectivity index (χ0v) is 8.87. The Morgan fingerprint density at radius 3 is 2.53 bits per heavy atom. The van der Waals surface area contributed by atoms with Crippen LogP contribution in [-0.2, 0) is 0 Å². The lowest BCUT2D eigenvalue weighted by Crippen LogP contribution is -1.90. The van der Waals surface area contributed by atoms with E-state index < -0.39 is 0 Å². The zero-order chi connectivity index (χ0) is 10.3. The van der Waals surface area contributed by atoms with Crippen LogP contribution in [-0.4, -0.2) is 4.57 Å². The summed E-state index contributed by atoms with van der Waals surface area (Å²) in [4.78, 5) is 0. The van der Waals surface area contributed by atoms with Crippen LogP contribution in [0.3, 0.4) is 0 Å². The molecule has 0 atom stereocenters. The molecule has 0 amide bonds. The molecule has 15 heavy (non-hydrogen) atoms. The number of hydrogen-bond donors (Lipinski definition) is 1. The maximum absolute atomic E-state index is 5.65. The molecule has 0 fully saturated rings. The number of hydrogen-bond acceptors (Lipinski definition) is 2. The van der Waals surface area contributed by atoms with Crippen LogP contribution < -0.4 is 5.73 Å². The number of rotatable bonds is 1. The van der Waals surface area contributed by atoms with Crippen molar-refractivity contribution in [1.29, 1.82) is 0 Å². The molecule has 3 rings (SSSR count). The fraction of sp³-hybridized carbons (Fsp3) is 0. The predicted molar refractivity (Wildman–Crippen MR) is 65.6 cm³/mol. The summed E-state index contributed by atoms with van der Waals surface area (Å²) in [5.74, 6) is 0. The van der Waals surface area contributed by atoms with Gasteiger partial charge in [-0.15, -0.1) is 11.3 Å². The second kappa shape index (κ2) is 3.14. The number of anilines is 1. The summed E-state index contributed by atoms with van der Waals surface area (Å²) in [6, 6.07) is 10.0. The summed E-state index contributed by atoms with van der Waals surface area (Å²) in [6.07, 6.45) is 4.28. The summed E-state index contributed by atoms with van der Waals surface area (Å²) < 4.78 is 3.44. The smallest absolute Gasteiger partial charge is 0.0523 e. The number of nitrogens with two attached hydrogens (primary N) is 1. The van der Waals surface area contributed by atoms with Crippen molar-refractivity contribution in [1.82, 2.24) is 4.57 Å². The fourth-order valence-electron chi connectivity index (χ4n) is 1.65. The molecular weight excluding hydrogens is 204 g/mol. The van der Waals surface area contributed by atoms with Gasteiger partial charge in [0, 0.05) is 29.2 Å². The summed E-state index contributed by atoms with van der Waals surface area (Å²) in [5, 5.41) is 3.40. The van der Waals surface area contributed by atoms with E-state index in [1.807, 2.05) is 24.3 Å². The maximum Gasteiger partial charge on any atom is 0.0523 e. The Morgan fingerprint density at radius 2 is 1.80 bits per heavy atom. The van der Waals surface area contributed by atoms with Crippen LogP contribution in [0.1, 0.15) is 0 Å². The van der Waals surface area contributed by atoms with E-state index in [1.54, 1.807) is 11.3 Å². The second-order valence-corrected chi connectivity index (χ2v) is 4.44. The molecular formula is C12H10N2S. The molecule has 0 unspecified atom stereocenters. The Balaban J connectivity index is 2.13. The lowest BCUT2D eigenvalue weighted by molar-refractivity contribution is 1.09. The SMILES string of the molecule is Nc1ccc(-n2cc3ccsc3c2)cc1. The molecule has 0 radical (unpaired) electrons. The molecule has 0 spiro atoms. The zero-order valence-electron chi connectivity index (χ0n) is 8.05. The van der Waals surface area contributed by atoms with E-state index in [9.17, 15) is 0 Å². The van der Waals surface area contributed by atoms with Crippen molar-refractivity contribution in [3.63, 3.8) is 0 Å². The van der Waals surface area contributed by atoms with Crippen molar-refractivity contribution in [2.24, 2.45) is 0 Å². The Hall–Kier alpha value is -1.74. The van der Waals surface area contributed by atoms with Gasteiger partial charge in [0.1, 0.15) is 0 Å². The van der Waals surface area contributed by atoms with E-state index in [1.165, 1.54) is 10.1 Å². The van der Waals surface area contributed by atoms with Gasteiger partial charge in [0.05, 0.1) is 4.70 Å². The highest BCUT2D eigenvalue weighted by Crippen LogP contribution is 2.24. The summed E-state index contributed by atoms with van der Waals surface area (Å²) >= 11 is 1.76. The molecule has 74 valence electrons. The minimum absolute atomic E-state index is 0.799. The molecule has 0 bridgehead atoms. The quantitative estimate of drug-likeness (QED) is 0.619. The van der Waals surface area contributed by atoms with E-state index in [-0.39, 0.29) is 0 Å². The van der Waals surface area contributed by atoms with Gasteiger partial charge in [-0.2, -0.15) is 0 Å². The van der Waals surface area contributed by atoms with Crippen molar-refractivity contribution in [3.05, 3.63) is 48.1 Å². The summed E-state index contributed by atoms with van der Waals surface area (Å²) in [5.41, 5.74) is 7.60. The van der Waals surface area contributed by atoms with Crippen LogP contribution >= 0.6 is 11.3 Å². The average molecular weight is 214 g/mol. The highest BCUT2D eigenvalue weighted by Gasteiger charge is 2.00. The Bertz CT molecular complexity index is 561. The van der Waals surface area contributed by atoms with E-state index in [0.717, 1.165) is 11.4 Å². The number of thiophene rings is 1. The van der Waals surface area contributed by atoms with Gasteiger partial charge in [-0.1, -0.05) is 0 Å².